The molecule has 1 aromatic heterocycles. The molecule has 1 aliphatic heterocycles. The maximum absolute atomic E-state index is 12.5. The van der Waals surface area contributed by atoms with Crippen LogP contribution in [0, 0.1) is 0 Å². The number of methoxy groups -OCH3 is 1. The molecule has 26 heavy (non-hydrogen) atoms. The Morgan fingerprint density at radius 1 is 1.12 bits per heavy atom. The topological polar surface area (TPSA) is 74.6 Å². The van der Waals surface area contributed by atoms with Crippen LogP contribution >= 0.6 is 11.8 Å². The van der Waals surface area contributed by atoms with Crippen molar-refractivity contribution in [2.45, 2.75) is 18.6 Å². The first kappa shape index (κ1) is 18.0. The average molecular weight is 371 g/mol. The molecule has 6 nitrogen and oxygen atoms in total. The first-order valence-corrected chi connectivity index (χ1v) is 8.90. The Labute approximate surface area is 154 Å². The van der Waals surface area contributed by atoms with E-state index in [0.717, 1.165) is 5.56 Å². The van der Waals surface area contributed by atoms with E-state index in [0.29, 0.717) is 16.4 Å². The summed E-state index contributed by atoms with van der Waals surface area (Å²) in [5.74, 6) is -0.679. The van der Waals surface area contributed by atoms with Crippen molar-refractivity contribution in [1.29, 1.82) is 0 Å². The fourth-order valence-electron chi connectivity index (χ4n) is 2.63. The van der Waals surface area contributed by atoms with Crippen LogP contribution in [0.25, 0.3) is 5.70 Å². The molecule has 2 aromatic rings. The second-order valence-electron chi connectivity index (χ2n) is 5.70. The molecule has 0 unspecified atom stereocenters. The summed E-state index contributed by atoms with van der Waals surface area (Å²) >= 11 is 1.32. The Balaban J connectivity index is 1.96. The van der Waals surface area contributed by atoms with Crippen molar-refractivity contribution >= 4 is 29.4 Å². The summed E-state index contributed by atoms with van der Waals surface area (Å²) in [6.45, 7) is 1.89. The van der Waals surface area contributed by atoms with Crippen molar-refractivity contribution in [3.05, 3.63) is 69.5 Å². The number of pyridine rings is 1. The molecule has 0 spiro atoms. The van der Waals surface area contributed by atoms with Gasteiger partial charge < -0.3 is 9.47 Å². The van der Waals surface area contributed by atoms with Gasteiger partial charge in [-0.05, 0) is 24.1 Å². The van der Waals surface area contributed by atoms with Crippen molar-refractivity contribution in [3.63, 3.8) is 0 Å². The van der Waals surface area contributed by atoms with Crippen molar-refractivity contribution in [2.24, 2.45) is 0 Å². The van der Waals surface area contributed by atoms with Crippen LogP contribution in [0.2, 0.25) is 0 Å². The van der Waals surface area contributed by atoms with E-state index in [2.05, 4.69) is 0 Å². The van der Waals surface area contributed by atoms with Gasteiger partial charge in [-0.2, -0.15) is 0 Å². The third-order valence-corrected chi connectivity index (χ3v) is 5.16. The van der Waals surface area contributed by atoms with Gasteiger partial charge in [0.25, 0.3) is 5.56 Å². The minimum absolute atomic E-state index is 0.127. The summed E-state index contributed by atoms with van der Waals surface area (Å²) < 4.78 is 11.4. The number of thioether (sulfide) groups is 1. The summed E-state index contributed by atoms with van der Waals surface area (Å²) in [6, 6.07) is 12.0. The molecule has 0 fully saturated rings. The fraction of sp³-hybridized carbons (Fsp3) is 0.211. The smallest absolute Gasteiger partial charge is 0.355 e. The van der Waals surface area contributed by atoms with Crippen molar-refractivity contribution in [1.82, 2.24) is 4.57 Å². The lowest BCUT2D eigenvalue weighted by molar-refractivity contribution is -0.134. The zero-order chi connectivity index (χ0) is 18.7. The first-order valence-electron chi connectivity index (χ1n) is 7.91. The van der Waals surface area contributed by atoms with Gasteiger partial charge >= 0.3 is 11.9 Å². The van der Waals surface area contributed by atoms with Gasteiger partial charge in [0, 0.05) is 11.8 Å². The Morgan fingerprint density at radius 2 is 1.85 bits per heavy atom. The van der Waals surface area contributed by atoms with E-state index in [1.165, 1.54) is 35.6 Å². The summed E-state index contributed by atoms with van der Waals surface area (Å²) in [5.41, 5.74) is 1.59. The average Bonchev–Trinajstić information content (AvgIpc) is 2.67. The molecule has 0 saturated heterocycles. The Morgan fingerprint density at radius 3 is 2.54 bits per heavy atom. The van der Waals surface area contributed by atoms with Crippen molar-refractivity contribution in [3.8, 4) is 0 Å². The van der Waals surface area contributed by atoms with E-state index < -0.39 is 17.5 Å². The van der Waals surface area contributed by atoms with Crippen LogP contribution < -0.4 is 5.56 Å². The number of fused-ring (bicyclic) bond motifs is 1. The quantitative estimate of drug-likeness (QED) is 0.770. The molecule has 0 aliphatic carbocycles. The largest absolute Gasteiger partial charge is 0.464 e. The van der Waals surface area contributed by atoms with Crippen LogP contribution in [-0.4, -0.2) is 29.4 Å². The van der Waals surface area contributed by atoms with Crippen LogP contribution in [0.3, 0.4) is 0 Å². The molecule has 3 rings (SSSR count). The van der Waals surface area contributed by atoms with Gasteiger partial charge in [0.2, 0.25) is 0 Å². The van der Waals surface area contributed by atoms with E-state index in [1.54, 1.807) is 6.92 Å². The number of hydrogen-bond acceptors (Lipinski definition) is 6. The van der Waals surface area contributed by atoms with Gasteiger partial charge in [-0.1, -0.05) is 30.3 Å². The highest BCUT2D eigenvalue weighted by molar-refractivity contribution is 7.99. The predicted molar refractivity (Wildman–Crippen MR) is 97.9 cm³/mol. The van der Waals surface area contributed by atoms with E-state index in [9.17, 15) is 14.4 Å². The van der Waals surface area contributed by atoms with Gasteiger partial charge in [-0.25, -0.2) is 9.59 Å². The summed E-state index contributed by atoms with van der Waals surface area (Å²) in [7, 11) is 1.26. The summed E-state index contributed by atoms with van der Waals surface area (Å²) in [5, 5.41) is 0.390. The molecule has 0 atom stereocenters. The van der Waals surface area contributed by atoms with E-state index in [1.807, 2.05) is 30.3 Å². The highest BCUT2D eigenvalue weighted by Gasteiger charge is 2.28. The van der Waals surface area contributed by atoms with Gasteiger partial charge in [-0.3, -0.25) is 9.36 Å². The van der Waals surface area contributed by atoms with Gasteiger partial charge in [-0.15, -0.1) is 11.8 Å². The third-order valence-electron chi connectivity index (χ3n) is 3.91. The van der Waals surface area contributed by atoms with Crippen LogP contribution in [0.4, 0.5) is 0 Å². The maximum atomic E-state index is 12.5. The summed E-state index contributed by atoms with van der Waals surface area (Å²) in [6.07, 6.45) is 0. The monoisotopic (exact) mass is 371 g/mol. The highest BCUT2D eigenvalue weighted by atomic mass is 32.2. The van der Waals surface area contributed by atoms with Crippen molar-refractivity contribution in [2.75, 3.05) is 12.9 Å². The summed E-state index contributed by atoms with van der Waals surface area (Å²) in [4.78, 5) is 37.0. The molecule has 1 aromatic carbocycles. The molecule has 2 heterocycles. The molecule has 0 N–H and O–H groups in total. The molecular formula is C19H17NO5S. The van der Waals surface area contributed by atoms with Gasteiger partial charge in [0.15, 0.2) is 0 Å². The lowest BCUT2D eigenvalue weighted by Crippen LogP contribution is -2.30. The van der Waals surface area contributed by atoms with Crippen LogP contribution in [0.1, 0.15) is 22.8 Å². The minimum atomic E-state index is -0.610. The first-order chi connectivity index (χ1) is 12.5. The lowest BCUT2D eigenvalue weighted by Gasteiger charge is -2.23. The van der Waals surface area contributed by atoms with Crippen LogP contribution in [0.15, 0.2) is 57.9 Å². The number of carbonyl (C=O) groups excluding carboxylic acids is 2. The number of aromatic nitrogens is 1. The maximum Gasteiger partial charge on any atom is 0.355 e. The predicted octanol–water partition coefficient (Wildman–Crippen LogP) is 2.72. The van der Waals surface area contributed by atoms with Crippen molar-refractivity contribution < 1.29 is 19.1 Å². The third kappa shape index (κ3) is 3.43. The van der Waals surface area contributed by atoms with E-state index in [-0.39, 0.29) is 17.9 Å². The van der Waals surface area contributed by atoms with Crippen LogP contribution in [0.5, 0.6) is 0 Å². The number of ether oxygens (including phenoxy) is 2. The number of benzene rings is 1. The molecule has 7 heteroatoms. The molecule has 0 radical (unpaired) electrons. The standard InChI is InChI=1S/C19H17NO5S/c1-12-11-26-17-14(18(22)25-10-13-6-4-3-5-7-13)8-9-15(21)20(17)16(12)19(23)24-2/h3-9H,10-11H2,1-2H3. The number of rotatable bonds is 4. The normalized spacial score (nSPS) is 13.2. The molecule has 0 amide bonds. The zero-order valence-electron chi connectivity index (χ0n) is 14.4. The van der Waals surface area contributed by atoms with E-state index >= 15 is 0 Å². The molecular weight excluding hydrogens is 354 g/mol. The lowest BCUT2D eigenvalue weighted by atomic mass is 10.2. The number of carbonyl (C=O) groups is 2. The molecule has 1 aliphatic rings. The zero-order valence-corrected chi connectivity index (χ0v) is 15.2. The van der Waals surface area contributed by atoms with E-state index in [4.69, 9.17) is 9.47 Å². The SMILES string of the molecule is COC(=O)C1=C(C)CSc2c(C(=O)OCc3ccccc3)ccc(=O)n21. The van der Waals surface area contributed by atoms with Crippen LogP contribution in [-0.2, 0) is 20.9 Å². The Hall–Kier alpha value is -2.80. The van der Waals surface area contributed by atoms with Gasteiger partial charge in [0.05, 0.1) is 17.7 Å². The Bertz CT molecular complexity index is 946. The minimum Gasteiger partial charge on any atom is -0.464 e. The Kier molecular flexibility index (Phi) is 5.27. The molecule has 134 valence electrons. The second-order valence-corrected chi connectivity index (χ2v) is 6.66. The number of nitrogens with zero attached hydrogens (tertiary/aromatic N) is 1. The second kappa shape index (κ2) is 7.61. The highest BCUT2D eigenvalue weighted by Crippen LogP contribution is 2.33. The fourth-order valence-corrected chi connectivity index (χ4v) is 3.74. The number of esters is 2. The van der Waals surface area contributed by atoms with Gasteiger partial charge in [0.1, 0.15) is 12.3 Å². The number of hydrogen-bond donors (Lipinski definition) is 0. The molecule has 0 bridgehead atoms. The molecule has 0 saturated carbocycles.